The van der Waals surface area contributed by atoms with Gasteiger partial charge in [0.05, 0.1) is 16.5 Å². The third-order valence-corrected chi connectivity index (χ3v) is 5.23. The maximum absolute atomic E-state index is 9.62. The summed E-state index contributed by atoms with van der Waals surface area (Å²) in [7, 11) is 0. The largest absolute Gasteiger partial charge is 0.511 e. The number of aliphatic hydroxyl groups is 1. The van der Waals surface area contributed by atoms with Gasteiger partial charge in [-0.2, -0.15) is 0 Å². The van der Waals surface area contributed by atoms with Gasteiger partial charge in [0.15, 0.2) is 5.65 Å². The Balaban J connectivity index is 1.73. The number of nitrogens with zero attached hydrogens (tertiary/aromatic N) is 5. The lowest BCUT2D eigenvalue weighted by Crippen LogP contribution is -2.23. The number of aromatic nitrogens is 4. The SMILES string of the molecule is Nc1nccc(Sc2cnc(N3CC=C(O)C3)n3ccnc23)c1Cl. The molecule has 0 atom stereocenters. The molecule has 0 amide bonds. The Labute approximate surface area is 146 Å². The van der Waals surface area contributed by atoms with Crippen LogP contribution in [0.3, 0.4) is 0 Å². The molecule has 122 valence electrons. The van der Waals surface area contributed by atoms with Gasteiger partial charge < -0.3 is 15.7 Å². The van der Waals surface area contributed by atoms with E-state index in [9.17, 15) is 5.11 Å². The Morgan fingerprint density at radius 2 is 2.08 bits per heavy atom. The molecule has 0 fully saturated rings. The standard InChI is InChI=1S/C15H13ClN6OS/c16-12-10(1-3-18-13(12)17)24-11-7-20-15(21-5-2-9(23)8-21)22-6-4-19-14(11)22/h1-4,6-7,23H,5,8H2,(H2,17,18). The topological polar surface area (TPSA) is 92.6 Å². The lowest BCUT2D eigenvalue weighted by atomic mass is 10.5. The number of hydrogen-bond acceptors (Lipinski definition) is 7. The lowest BCUT2D eigenvalue weighted by Gasteiger charge is -2.18. The maximum Gasteiger partial charge on any atom is 0.212 e. The molecule has 0 unspecified atom stereocenters. The highest BCUT2D eigenvalue weighted by atomic mass is 35.5. The number of imidazole rings is 1. The Kier molecular flexibility index (Phi) is 3.70. The first-order chi connectivity index (χ1) is 11.6. The molecule has 4 rings (SSSR count). The first-order valence-electron chi connectivity index (χ1n) is 7.16. The summed E-state index contributed by atoms with van der Waals surface area (Å²) in [6, 6.07) is 1.80. The van der Waals surface area contributed by atoms with E-state index < -0.39 is 0 Å². The van der Waals surface area contributed by atoms with Gasteiger partial charge in [0, 0.05) is 36.2 Å². The predicted octanol–water partition coefficient (Wildman–Crippen LogP) is 2.77. The van der Waals surface area contributed by atoms with Gasteiger partial charge in [0.1, 0.15) is 11.6 Å². The summed E-state index contributed by atoms with van der Waals surface area (Å²) in [6.07, 6.45) is 8.71. The second-order valence-corrected chi connectivity index (χ2v) is 6.69. The van der Waals surface area contributed by atoms with E-state index in [4.69, 9.17) is 17.3 Å². The zero-order chi connectivity index (χ0) is 16.7. The molecular weight excluding hydrogens is 348 g/mol. The molecule has 0 spiro atoms. The van der Waals surface area contributed by atoms with Gasteiger partial charge >= 0.3 is 0 Å². The van der Waals surface area contributed by atoms with Crippen LogP contribution in [0.1, 0.15) is 0 Å². The van der Waals surface area contributed by atoms with E-state index >= 15 is 0 Å². The third-order valence-electron chi connectivity index (χ3n) is 3.66. The molecule has 0 saturated carbocycles. The number of nitrogens with two attached hydrogens (primary N) is 1. The van der Waals surface area contributed by atoms with Crippen molar-refractivity contribution in [3.05, 3.63) is 47.7 Å². The highest BCUT2D eigenvalue weighted by Crippen LogP contribution is 2.37. The van der Waals surface area contributed by atoms with Crippen molar-refractivity contribution < 1.29 is 5.11 Å². The summed E-state index contributed by atoms with van der Waals surface area (Å²) >= 11 is 7.66. The monoisotopic (exact) mass is 360 g/mol. The van der Waals surface area contributed by atoms with Crippen LogP contribution in [-0.4, -0.2) is 37.5 Å². The van der Waals surface area contributed by atoms with Crippen LogP contribution < -0.4 is 10.6 Å². The zero-order valence-corrected chi connectivity index (χ0v) is 14.0. The van der Waals surface area contributed by atoms with Crippen molar-refractivity contribution >= 4 is 40.8 Å². The molecule has 3 N–H and O–H groups in total. The fraction of sp³-hybridized carbons (Fsp3) is 0.133. The molecule has 24 heavy (non-hydrogen) atoms. The molecule has 1 aliphatic heterocycles. The number of pyridine rings is 1. The average Bonchev–Trinajstić information content (AvgIpc) is 3.21. The van der Waals surface area contributed by atoms with Gasteiger partial charge in [-0.25, -0.2) is 15.0 Å². The predicted molar refractivity (Wildman–Crippen MR) is 93.7 cm³/mol. The van der Waals surface area contributed by atoms with Crippen molar-refractivity contribution in [3.8, 4) is 0 Å². The van der Waals surface area contributed by atoms with Gasteiger partial charge in [-0.05, 0) is 12.1 Å². The van der Waals surface area contributed by atoms with Gasteiger partial charge in [0.2, 0.25) is 5.95 Å². The lowest BCUT2D eigenvalue weighted by molar-refractivity contribution is 0.408. The van der Waals surface area contributed by atoms with E-state index in [1.165, 1.54) is 11.8 Å². The highest BCUT2D eigenvalue weighted by Gasteiger charge is 2.19. The molecule has 0 aliphatic carbocycles. The molecule has 9 heteroatoms. The van der Waals surface area contributed by atoms with Crippen molar-refractivity contribution in [2.75, 3.05) is 23.7 Å². The quantitative estimate of drug-likeness (QED) is 0.741. The molecule has 3 aromatic heterocycles. The Bertz CT molecular complexity index is 956. The molecule has 0 bridgehead atoms. The van der Waals surface area contributed by atoms with Crippen LogP contribution in [0.2, 0.25) is 5.02 Å². The first kappa shape index (κ1) is 15.1. The number of hydrogen-bond donors (Lipinski definition) is 2. The van der Waals surface area contributed by atoms with Gasteiger partial charge in [0.25, 0.3) is 0 Å². The van der Waals surface area contributed by atoms with Gasteiger partial charge in [-0.1, -0.05) is 23.4 Å². The van der Waals surface area contributed by atoms with Crippen molar-refractivity contribution in [2.24, 2.45) is 0 Å². The highest BCUT2D eigenvalue weighted by molar-refractivity contribution is 7.99. The average molecular weight is 361 g/mol. The van der Waals surface area contributed by atoms with E-state index in [1.54, 1.807) is 30.7 Å². The fourth-order valence-electron chi connectivity index (χ4n) is 2.52. The van der Waals surface area contributed by atoms with Crippen molar-refractivity contribution in [1.29, 1.82) is 0 Å². The molecular formula is C15H13ClN6OS. The van der Waals surface area contributed by atoms with Crippen LogP contribution in [0.15, 0.2) is 52.5 Å². The van der Waals surface area contributed by atoms with E-state index in [1.807, 2.05) is 15.5 Å². The molecule has 0 aromatic carbocycles. The van der Waals surface area contributed by atoms with Gasteiger partial charge in [-0.3, -0.25) is 4.40 Å². The maximum atomic E-state index is 9.62. The Morgan fingerprint density at radius 1 is 1.21 bits per heavy atom. The van der Waals surface area contributed by atoms with E-state index in [-0.39, 0.29) is 0 Å². The van der Waals surface area contributed by atoms with E-state index in [2.05, 4.69) is 15.0 Å². The number of aliphatic hydroxyl groups excluding tert-OH is 1. The number of halogens is 1. The summed E-state index contributed by atoms with van der Waals surface area (Å²) in [5.74, 6) is 1.37. The number of anilines is 2. The first-order valence-corrected chi connectivity index (χ1v) is 8.36. The summed E-state index contributed by atoms with van der Waals surface area (Å²) in [4.78, 5) is 16.5. The summed E-state index contributed by atoms with van der Waals surface area (Å²) in [5, 5.41) is 10.0. The smallest absolute Gasteiger partial charge is 0.212 e. The minimum Gasteiger partial charge on any atom is -0.511 e. The molecule has 4 heterocycles. The Morgan fingerprint density at radius 3 is 2.88 bits per heavy atom. The minimum absolute atomic E-state index is 0.296. The second-order valence-electron chi connectivity index (χ2n) is 5.23. The molecule has 0 saturated heterocycles. The van der Waals surface area contributed by atoms with E-state index in [0.29, 0.717) is 29.7 Å². The molecule has 3 aromatic rings. The van der Waals surface area contributed by atoms with Crippen LogP contribution >= 0.6 is 23.4 Å². The number of rotatable bonds is 3. The van der Waals surface area contributed by atoms with Crippen molar-refractivity contribution in [3.63, 3.8) is 0 Å². The third kappa shape index (κ3) is 2.53. The van der Waals surface area contributed by atoms with Crippen LogP contribution in [0, 0.1) is 0 Å². The van der Waals surface area contributed by atoms with Crippen molar-refractivity contribution in [1.82, 2.24) is 19.4 Å². The second kappa shape index (κ2) is 5.88. The van der Waals surface area contributed by atoms with E-state index in [0.717, 1.165) is 21.4 Å². The molecule has 7 nitrogen and oxygen atoms in total. The molecule has 0 radical (unpaired) electrons. The summed E-state index contributed by atoms with van der Waals surface area (Å²) in [5.41, 5.74) is 6.52. The zero-order valence-electron chi connectivity index (χ0n) is 12.4. The van der Waals surface area contributed by atoms with Crippen LogP contribution in [0.5, 0.6) is 0 Å². The van der Waals surface area contributed by atoms with Crippen molar-refractivity contribution in [2.45, 2.75) is 9.79 Å². The van der Waals surface area contributed by atoms with Crippen LogP contribution in [0.4, 0.5) is 11.8 Å². The van der Waals surface area contributed by atoms with Crippen LogP contribution in [-0.2, 0) is 0 Å². The minimum atomic E-state index is 0.296. The Hall–Kier alpha value is -2.45. The number of fused-ring (bicyclic) bond motifs is 1. The van der Waals surface area contributed by atoms with Gasteiger partial charge in [-0.15, -0.1) is 0 Å². The normalized spacial score (nSPS) is 14.4. The fourth-order valence-corrected chi connectivity index (χ4v) is 3.66. The van der Waals surface area contributed by atoms with Crippen LogP contribution in [0.25, 0.3) is 5.65 Å². The molecule has 1 aliphatic rings. The summed E-state index contributed by atoms with van der Waals surface area (Å²) < 4.78 is 1.90. The summed E-state index contributed by atoms with van der Waals surface area (Å²) in [6.45, 7) is 1.06. The number of nitrogen functional groups attached to an aromatic ring is 1.